The Labute approximate surface area is 90.4 Å². The fourth-order valence-corrected chi connectivity index (χ4v) is 2.07. The highest BCUT2D eigenvalue weighted by Crippen LogP contribution is 2.24. The van der Waals surface area contributed by atoms with Gasteiger partial charge in [-0.1, -0.05) is 0 Å². The highest BCUT2D eigenvalue weighted by Gasteiger charge is 2.28. The van der Waals surface area contributed by atoms with Crippen LogP contribution < -0.4 is 5.73 Å². The summed E-state index contributed by atoms with van der Waals surface area (Å²) in [5.74, 6) is 1.08. The average molecular weight is 216 g/mol. The molecule has 4 heteroatoms. The highest BCUT2D eigenvalue weighted by molar-refractivity contribution is 7.98. The summed E-state index contributed by atoms with van der Waals surface area (Å²) in [6, 6.07) is 0.163. The molecule has 0 aromatic heterocycles. The molecular weight excluding hydrogens is 196 g/mol. The monoisotopic (exact) mass is 216 g/mol. The lowest BCUT2D eigenvalue weighted by molar-refractivity contribution is -0.134. The van der Waals surface area contributed by atoms with Crippen LogP contribution >= 0.6 is 11.8 Å². The van der Waals surface area contributed by atoms with Crippen LogP contribution in [0.15, 0.2) is 0 Å². The molecule has 3 nitrogen and oxygen atoms in total. The van der Waals surface area contributed by atoms with E-state index in [2.05, 4.69) is 0 Å². The summed E-state index contributed by atoms with van der Waals surface area (Å²) in [6.07, 6.45) is 6.38. The van der Waals surface area contributed by atoms with Gasteiger partial charge in [-0.15, -0.1) is 0 Å². The predicted molar refractivity (Wildman–Crippen MR) is 61.4 cm³/mol. The molecule has 0 spiro atoms. The fourth-order valence-electron chi connectivity index (χ4n) is 1.58. The summed E-state index contributed by atoms with van der Waals surface area (Å²) >= 11 is 1.74. The Balaban J connectivity index is 2.30. The number of rotatable bonds is 5. The van der Waals surface area contributed by atoms with E-state index >= 15 is 0 Å². The van der Waals surface area contributed by atoms with E-state index in [0.717, 1.165) is 25.0 Å². The Kier molecular flexibility index (Phi) is 4.75. The first-order chi connectivity index (χ1) is 6.66. The third kappa shape index (κ3) is 2.89. The zero-order valence-electron chi connectivity index (χ0n) is 9.03. The molecule has 1 aliphatic carbocycles. The molecule has 14 heavy (non-hydrogen) atoms. The second-order valence-electron chi connectivity index (χ2n) is 3.92. The van der Waals surface area contributed by atoms with Crippen molar-refractivity contribution in [1.29, 1.82) is 0 Å². The molecule has 82 valence electrons. The van der Waals surface area contributed by atoms with Gasteiger partial charge < -0.3 is 10.6 Å². The minimum Gasteiger partial charge on any atom is -0.341 e. The van der Waals surface area contributed by atoms with E-state index in [1.54, 1.807) is 11.8 Å². The lowest BCUT2D eigenvalue weighted by Gasteiger charge is -2.36. The molecule has 1 rings (SSSR count). The molecule has 0 aromatic carbocycles. The van der Waals surface area contributed by atoms with Crippen molar-refractivity contribution >= 4 is 17.7 Å². The minimum atomic E-state index is -0.298. The molecule has 0 aliphatic heterocycles. The third-order valence-electron chi connectivity index (χ3n) is 2.92. The van der Waals surface area contributed by atoms with Crippen LogP contribution in [0.1, 0.15) is 25.7 Å². The van der Waals surface area contributed by atoms with Gasteiger partial charge in [-0.2, -0.15) is 11.8 Å². The zero-order chi connectivity index (χ0) is 10.6. The van der Waals surface area contributed by atoms with E-state index in [-0.39, 0.29) is 11.9 Å². The molecule has 0 unspecified atom stereocenters. The zero-order valence-corrected chi connectivity index (χ0v) is 9.85. The summed E-state index contributed by atoms with van der Waals surface area (Å²) in [4.78, 5) is 13.6. The van der Waals surface area contributed by atoms with E-state index in [0.29, 0.717) is 6.04 Å². The van der Waals surface area contributed by atoms with Crippen LogP contribution in [0.25, 0.3) is 0 Å². The Morgan fingerprint density at radius 3 is 2.71 bits per heavy atom. The van der Waals surface area contributed by atoms with Crippen molar-refractivity contribution in [1.82, 2.24) is 4.90 Å². The summed E-state index contributed by atoms with van der Waals surface area (Å²) in [5, 5.41) is 0. The smallest absolute Gasteiger partial charge is 0.239 e. The first-order valence-corrected chi connectivity index (χ1v) is 6.57. The van der Waals surface area contributed by atoms with Crippen LogP contribution in [0.2, 0.25) is 0 Å². The molecule has 1 atom stereocenters. The van der Waals surface area contributed by atoms with Crippen molar-refractivity contribution in [3.8, 4) is 0 Å². The fraction of sp³-hybridized carbons (Fsp3) is 0.900. The SMILES string of the molecule is CSCC[C@@H](N)C(=O)N(C)C1CCC1. The highest BCUT2D eigenvalue weighted by atomic mass is 32.2. The van der Waals surface area contributed by atoms with Gasteiger partial charge in [-0.05, 0) is 37.7 Å². The van der Waals surface area contributed by atoms with Crippen LogP contribution in [0.5, 0.6) is 0 Å². The number of thioether (sulfide) groups is 1. The molecule has 1 aliphatic rings. The minimum absolute atomic E-state index is 0.115. The van der Waals surface area contributed by atoms with Gasteiger partial charge in [0.15, 0.2) is 0 Å². The second kappa shape index (κ2) is 5.61. The molecule has 0 aromatic rings. The largest absolute Gasteiger partial charge is 0.341 e. The summed E-state index contributed by atoms with van der Waals surface area (Å²) in [5.41, 5.74) is 5.82. The molecule has 0 heterocycles. The van der Waals surface area contributed by atoms with Crippen LogP contribution in [0.3, 0.4) is 0 Å². The summed E-state index contributed by atoms with van der Waals surface area (Å²) in [6.45, 7) is 0. The molecule has 2 N–H and O–H groups in total. The van der Waals surface area contributed by atoms with E-state index < -0.39 is 0 Å². The number of hydrogen-bond donors (Lipinski definition) is 1. The van der Waals surface area contributed by atoms with Crippen molar-refractivity contribution < 1.29 is 4.79 Å². The van der Waals surface area contributed by atoms with Crippen molar-refractivity contribution in [3.63, 3.8) is 0 Å². The quantitative estimate of drug-likeness (QED) is 0.748. The van der Waals surface area contributed by atoms with Crippen molar-refractivity contribution in [2.24, 2.45) is 5.73 Å². The number of amides is 1. The Morgan fingerprint density at radius 2 is 2.29 bits per heavy atom. The van der Waals surface area contributed by atoms with E-state index in [1.807, 2.05) is 18.2 Å². The Morgan fingerprint density at radius 1 is 1.64 bits per heavy atom. The first kappa shape index (κ1) is 11.9. The third-order valence-corrected chi connectivity index (χ3v) is 3.56. The molecule has 1 saturated carbocycles. The number of hydrogen-bond acceptors (Lipinski definition) is 3. The van der Waals surface area contributed by atoms with Gasteiger partial charge in [-0.25, -0.2) is 0 Å². The van der Waals surface area contributed by atoms with E-state index in [4.69, 9.17) is 5.73 Å². The molecular formula is C10H20N2OS. The van der Waals surface area contributed by atoms with Gasteiger partial charge in [0.25, 0.3) is 0 Å². The van der Waals surface area contributed by atoms with Crippen molar-refractivity contribution in [2.75, 3.05) is 19.1 Å². The number of nitrogens with two attached hydrogens (primary N) is 1. The second-order valence-corrected chi connectivity index (χ2v) is 4.91. The Hall–Kier alpha value is -0.220. The van der Waals surface area contributed by atoms with Crippen LogP contribution in [-0.4, -0.2) is 41.9 Å². The van der Waals surface area contributed by atoms with Gasteiger partial charge in [-0.3, -0.25) is 4.79 Å². The van der Waals surface area contributed by atoms with Crippen molar-refractivity contribution in [3.05, 3.63) is 0 Å². The lowest BCUT2D eigenvalue weighted by atomic mass is 9.91. The summed E-state index contributed by atoms with van der Waals surface area (Å²) < 4.78 is 0. The first-order valence-electron chi connectivity index (χ1n) is 5.18. The van der Waals surface area contributed by atoms with Crippen molar-refractivity contribution in [2.45, 2.75) is 37.8 Å². The number of carbonyl (C=O) groups is 1. The van der Waals surface area contributed by atoms with Gasteiger partial charge in [0, 0.05) is 13.1 Å². The number of nitrogens with zero attached hydrogens (tertiary/aromatic N) is 1. The lowest BCUT2D eigenvalue weighted by Crippen LogP contribution is -2.49. The molecule has 0 saturated heterocycles. The van der Waals surface area contributed by atoms with E-state index in [9.17, 15) is 4.79 Å². The Bertz CT molecular complexity index is 195. The summed E-state index contributed by atoms with van der Waals surface area (Å²) in [7, 11) is 1.88. The maximum absolute atomic E-state index is 11.8. The molecule has 0 radical (unpaired) electrons. The molecule has 1 fully saturated rings. The van der Waals surface area contributed by atoms with Gasteiger partial charge in [0.1, 0.15) is 0 Å². The number of carbonyl (C=O) groups excluding carboxylic acids is 1. The van der Waals surface area contributed by atoms with Gasteiger partial charge in [0.2, 0.25) is 5.91 Å². The number of likely N-dealkylation sites (N-methyl/N-ethyl adjacent to an activating group) is 1. The van der Waals surface area contributed by atoms with E-state index in [1.165, 1.54) is 6.42 Å². The maximum atomic E-state index is 11.8. The maximum Gasteiger partial charge on any atom is 0.239 e. The predicted octanol–water partition coefficient (Wildman–Crippen LogP) is 1.08. The topological polar surface area (TPSA) is 46.3 Å². The van der Waals surface area contributed by atoms with Gasteiger partial charge >= 0.3 is 0 Å². The normalized spacial score (nSPS) is 18.8. The average Bonchev–Trinajstić information content (AvgIpc) is 2.10. The molecule has 1 amide bonds. The van der Waals surface area contributed by atoms with Gasteiger partial charge in [0.05, 0.1) is 6.04 Å². The standard InChI is InChI=1S/C10H20N2OS/c1-12(8-4-3-5-8)10(13)9(11)6-7-14-2/h8-9H,3-7,11H2,1-2H3/t9-/m1/s1. The van der Waals surface area contributed by atoms with Crippen LogP contribution in [0.4, 0.5) is 0 Å². The molecule has 0 bridgehead atoms. The van der Waals surface area contributed by atoms with Crippen LogP contribution in [0, 0.1) is 0 Å². The van der Waals surface area contributed by atoms with Crippen LogP contribution in [-0.2, 0) is 4.79 Å².